The molecule has 4 nitrogen and oxygen atoms in total. The van der Waals surface area contributed by atoms with Gasteiger partial charge in [0.05, 0.1) is 0 Å². The summed E-state index contributed by atoms with van der Waals surface area (Å²) in [5.74, 6) is 0. The van der Waals surface area contributed by atoms with Gasteiger partial charge in [-0.3, -0.25) is 0 Å². The average Bonchev–Trinajstić information content (AvgIpc) is 2.55. The van der Waals surface area contributed by atoms with Crippen molar-refractivity contribution in [1.82, 2.24) is 0 Å². The van der Waals surface area contributed by atoms with Crippen LogP contribution in [0.1, 0.15) is 22.3 Å². The molecule has 2 rings (SSSR count). The van der Waals surface area contributed by atoms with E-state index in [1.54, 1.807) is 0 Å². The Morgan fingerprint density at radius 1 is 0.500 bits per heavy atom. The van der Waals surface area contributed by atoms with E-state index in [9.17, 15) is 0 Å². The Labute approximate surface area is 120 Å². The van der Waals surface area contributed by atoms with Gasteiger partial charge in [0.1, 0.15) is 0 Å². The first-order valence-electron chi connectivity index (χ1n) is 6.69. The highest BCUT2D eigenvalue weighted by molar-refractivity contribution is 5.23. The summed E-state index contributed by atoms with van der Waals surface area (Å²) in [7, 11) is 0. The normalized spacial score (nSPS) is 9.80. The molecule has 0 bridgehead atoms. The molecule has 20 heavy (non-hydrogen) atoms. The van der Waals surface area contributed by atoms with E-state index in [-0.39, 0.29) is 0 Å². The van der Waals surface area contributed by atoms with Gasteiger partial charge in [0.25, 0.3) is 0 Å². The van der Waals surface area contributed by atoms with Crippen LogP contribution in [0.15, 0.2) is 48.5 Å². The molecular formula is C16H24N4. The Morgan fingerprint density at radius 2 is 0.750 bits per heavy atom. The topological polar surface area (TPSA) is 104 Å². The van der Waals surface area contributed by atoms with Crippen LogP contribution < -0.4 is 22.9 Å². The van der Waals surface area contributed by atoms with Crippen molar-refractivity contribution < 1.29 is 0 Å². The largest absolute Gasteiger partial charge is 0.326 e. The molecule has 0 aromatic heterocycles. The lowest BCUT2D eigenvalue weighted by molar-refractivity contribution is 1.03. The Morgan fingerprint density at radius 3 is 0.950 bits per heavy atom. The zero-order valence-electron chi connectivity index (χ0n) is 11.8. The molecule has 0 unspecified atom stereocenters. The summed E-state index contributed by atoms with van der Waals surface area (Å²) in [6.45, 7) is 2.36. The van der Waals surface area contributed by atoms with Crippen LogP contribution in [-0.2, 0) is 26.2 Å². The lowest BCUT2D eigenvalue weighted by atomic mass is 10.1. The van der Waals surface area contributed by atoms with Crippen molar-refractivity contribution in [2.45, 2.75) is 26.2 Å². The van der Waals surface area contributed by atoms with E-state index in [0.717, 1.165) is 22.3 Å². The minimum absolute atomic E-state index is 0.591. The minimum Gasteiger partial charge on any atom is -0.326 e. The smallest absolute Gasteiger partial charge is 0.0178 e. The van der Waals surface area contributed by atoms with Crippen molar-refractivity contribution in [1.29, 1.82) is 0 Å². The highest BCUT2D eigenvalue weighted by Crippen LogP contribution is 2.03. The Balaban J connectivity index is 0.000000200. The minimum atomic E-state index is 0.591. The first-order valence-corrected chi connectivity index (χ1v) is 6.69. The van der Waals surface area contributed by atoms with Gasteiger partial charge < -0.3 is 22.9 Å². The maximum Gasteiger partial charge on any atom is 0.0178 e. The predicted molar refractivity (Wildman–Crippen MR) is 84.4 cm³/mol. The second-order valence-electron chi connectivity index (χ2n) is 4.46. The number of hydrogen-bond donors (Lipinski definition) is 4. The Bertz CT molecular complexity index is 425. The van der Waals surface area contributed by atoms with Gasteiger partial charge in [-0.05, 0) is 22.3 Å². The molecule has 0 aliphatic heterocycles. The van der Waals surface area contributed by atoms with Crippen molar-refractivity contribution in [2.24, 2.45) is 22.9 Å². The summed E-state index contributed by atoms with van der Waals surface area (Å²) in [4.78, 5) is 0. The SMILES string of the molecule is NCc1cccc(CN)c1.NCc1cccc(CN)c1. The van der Waals surface area contributed by atoms with Crippen LogP contribution in [-0.4, -0.2) is 0 Å². The first kappa shape index (κ1) is 16.3. The van der Waals surface area contributed by atoms with Crippen LogP contribution in [0, 0.1) is 0 Å². The standard InChI is InChI=1S/2C8H12N2/c2*9-5-7-2-1-3-8(4-7)6-10/h2*1-4H,5-6,9-10H2. The summed E-state index contributed by atoms with van der Waals surface area (Å²) in [6, 6.07) is 16.0. The number of nitrogens with two attached hydrogens (primary N) is 4. The van der Waals surface area contributed by atoms with Gasteiger partial charge >= 0.3 is 0 Å². The Kier molecular flexibility index (Phi) is 7.54. The fourth-order valence-electron chi connectivity index (χ4n) is 1.77. The van der Waals surface area contributed by atoms with Crippen LogP contribution in [0.25, 0.3) is 0 Å². The van der Waals surface area contributed by atoms with Gasteiger partial charge in [0.15, 0.2) is 0 Å². The van der Waals surface area contributed by atoms with Crippen molar-refractivity contribution in [3.63, 3.8) is 0 Å². The molecule has 0 fully saturated rings. The zero-order chi connectivity index (χ0) is 14.8. The van der Waals surface area contributed by atoms with E-state index in [1.165, 1.54) is 0 Å². The third-order valence-corrected chi connectivity index (χ3v) is 2.93. The van der Waals surface area contributed by atoms with E-state index < -0.39 is 0 Å². The molecule has 0 heterocycles. The maximum absolute atomic E-state index is 5.43. The highest BCUT2D eigenvalue weighted by Gasteiger charge is 1.90. The van der Waals surface area contributed by atoms with Gasteiger partial charge in [0.2, 0.25) is 0 Å². The monoisotopic (exact) mass is 272 g/mol. The molecule has 2 aromatic carbocycles. The van der Waals surface area contributed by atoms with Crippen LogP contribution in [0.2, 0.25) is 0 Å². The van der Waals surface area contributed by atoms with Gasteiger partial charge in [-0.15, -0.1) is 0 Å². The molecule has 4 heteroatoms. The van der Waals surface area contributed by atoms with E-state index >= 15 is 0 Å². The second kappa shape index (κ2) is 9.23. The molecule has 0 aliphatic rings. The highest BCUT2D eigenvalue weighted by atomic mass is 14.5. The van der Waals surface area contributed by atoms with Crippen molar-refractivity contribution in [2.75, 3.05) is 0 Å². The van der Waals surface area contributed by atoms with E-state index in [4.69, 9.17) is 22.9 Å². The fraction of sp³-hybridized carbons (Fsp3) is 0.250. The molecule has 0 saturated heterocycles. The number of hydrogen-bond acceptors (Lipinski definition) is 4. The third kappa shape index (κ3) is 5.50. The quantitative estimate of drug-likeness (QED) is 0.671. The van der Waals surface area contributed by atoms with Crippen LogP contribution >= 0.6 is 0 Å². The molecule has 0 spiro atoms. The molecule has 0 amide bonds. The van der Waals surface area contributed by atoms with E-state index in [0.29, 0.717) is 26.2 Å². The average molecular weight is 272 g/mol. The number of rotatable bonds is 4. The number of benzene rings is 2. The summed E-state index contributed by atoms with van der Waals surface area (Å²) in [6.07, 6.45) is 0. The molecule has 0 saturated carbocycles. The van der Waals surface area contributed by atoms with E-state index in [1.807, 2.05) is 48.5 Å². The van der Waals surface area contributed by atoms with Crippen LogP contribution in [0.4, 0.5) is 0 Å². The fourth-order valence-corrected chi connectivity index (χ4v) is 1.77. The van der Waals surface area contributed by atoms with Crippen molar-refractivity contribution >= 4 is 0 Å². The summed E-state index contributed by atoms with van der Waals surface area (Å²) < 4.78 is 0. The van der Waals surface area contributed by atoms with E-state index in [2.05, 4.69) is 0 Å². The summed E-state index contributed by atoms with van der Waals surface area (Å²) in [5.41, 5.74) is 26.3. The molecule has 0 atom stereocenters. The first-order chi connectivity index (χ1) is 9.73. The van der Waals surface area contributed by atoms with Crippen LogP contribution in [0.3, 0.4) is 0 Å². The molecule has 2 aromatic rings. The maximum atomic E-state index is 5.43. The molecule has 0 radical (unpaired) electrons. The van der Waals surface area contributed by atoms with Gasteiger partial charge in [-0.2, -0.15) is 0 Å². The second-order valence-corrected chi connectivity index (χ2v) is 4.46. The summed E-state index contributed by atoms with van der Waals surface area (Å²) >= 11 is 0. The molecule has 8 N–H and O–H groups in total. The van der Waals surface area contributed by atoms with Gasteiger partial charge in [0, 0.05) is 26.2 Å². The molecule has 0 aliphatic carbocycles. The molecule has 108 valence electrons. The van der Waals surface area contributed by atoms with Gasteiger partial charge in [-0.25, -0.2) is 0 Å². The third-order valence-electron chi connectivity index (χ3n) is 2.93. The summed E-state index contributed by atoms with van der Waals surface area (Å²) in [5, 5.41) is 0. The predicted octanol–water partition coefficient (Wildman–Crippen LogP) is 1.21. The zero-order valence-corrected chi connectivity index (χ0v) is 11.8. The van der Waals surface area contributed by atoms with Crippen LogP contribution in [0.5, 0.6) is 0 Å². The van der Waals surface area contributed by atoms with Gasteiger partial charge in [-0.1, -0.05) is 48.5 Å². The lowest BCUT2D eigenvalue weighted by Crippen LogP contribution is -2.00. The van der Waals surface area contributed by atoms with Crippen molar-refractivity contribution in [3.05, 3.63) is 70.8 Å². The molecular weight excluding hydrogens is 248 g/mol. The lowest BCUT2D eigenvalue weighted by Gasteiger charge is -1.98. The Hall–Kier alpha value is -1.72. The van der Waals surface area contributed by atoms with Crippen molar-refractivity contribution in [3.8, 4) is 0 Å².